The predicted molar refractivity (Wildman–Crippen MR) is 116 cm³/mol. The third kappa shape index (κ3) is 2.44. The van der Waals surface area contributed by atoms with Crippen LogP contribution in [0.15, 0.2) is 84.9 Å². The quantitative estimate of drug-likeness (QED) is 0.267. The Balaban J connectivity index is 1.90. The molecule has 5 rings (SSSR count). The molecule has 4 aromatic carbocycles. The second kappa shape index (κ2) is 6.17. The Kier molecular flexibility index (Phi) is 3.63. The van der Waals surface area contributed by atoms with Gasteiger partial charge in [0.15, 0.2) is 0 Å². The van der Waals surface area contributed by atoms with E-state index in [0.717, 1.165) is 28.2 Å². The Morgan fingerprint density at radius 3 is 2.00 bits per heavy atom. The Hall–Kier alpha value is -3.72. The first-order valence-electron chi connectivity index (χ1n) is 9.31. The van der Waals surface area contributed by atoms with Crippen LogP contribution in [-0.4, -0.2) is 5.11 Å². The number of aryl methyl sites for hydroxylation is 1. The number of nitrogens with zero attached hydrogens (tertiary/aromatic N) is 1. The van der Waals surface area contributed by atoms with Gasteiger partial charge in [-0.15, -0.1) is 0 Å². The summed E-state index contributed by atoms with van der Waals surface area (Å²) in [5.74, 6) is 0.0880. The van der Waals surface area contributed by atoms with E-state index in [1.54, 1.807) is 12.1 Å². The summed E-state index contributed by atoms with van der Waals surface area (Å²) in [4.78, 5) is 2.19. The highest BCUT2D eigenvalue weighted by Crippen LogP contribution is 2.51. The number of phenolic OH excluding ortho intramolecular Hbond substituents is 1. The largest absolute Gasteiger partial charge is 0.506 e. The van der Waals surface area contributed by atoms with Crippen molar-refractivity contribution >= 4 is 22.7 Å². The van der Waals surface area contributed by atoms with E-state index in [1.807, 2.05) is 18.2 Å². The van der Waals surface area contributed by atoms with E-state index in [4.69, 9.17) is 5.73 Å². The van der Waals surface area contributed by atoms with Crippen molar-refractivity contribution in [3.63, 3.8) is 0 Å². The van der Waals surface area contributed by atoms with Crippen molar-refractivity contribution in [2.45, 2.75) is 6.92 Å². The average molecular weight is 364 g/mol. The smallest absolute Gasteiger partial charge is 0.140 e. The molecular weight excluding hydrogens is 344 g/mol. The fourth-order valence-corrected chi connectivity index (χ4v) is 3.99. The zero-order valence-electron chi connectivity index (χ0n) is 15.6. The van der Waals surface area contributed by atoms with Crippen molar-refractivity contribution in [1.29, 1.82) is 0 Å². The van der Waals surface area contributed by atoms with Crippen molar-refractivity contribution < 1.29 is 5.11 Å². The van der Waals surface area contributed by atoms with E-state index in [1.165, 1.54) is 16.7 Å². The highest BCUT2D eigenvalue weighted by atomic mass is 16.3. The van der Waals surface area contributed by atoms with Gasteiger partial charge in [-0.05, 0) is 42.3 Å². The van der Waals surface area contributed by atoms with Crippen LogP contribution >= 0.6 is 0 Å². The standard InChI is InChI=1S/C25H20N2O/c1-16-10-12-18-19-6-2-4-8-23(19)27(17-11-13-22(26)25(28)15-17)24-9-5-3-7-20(24)21(18)14-16/h2-15,28H,26H2,1H3. The summed E-state index contributed by atoms with van der Waals surface area (Å²) in [7, 11) is 0. The molecule has 3 N–H and O–H groups in total. The maximum Gasteiger partial charge on any atom is 0.140 e. The number of anilines is 4. The van der Waals surface area contributed by atoms with Gasteiger partial charge in [-0.1, -0.05) is 60.2 Å². The van der Waals surface area contributed by atoms with E-state index in [0.29, 0.717) is 5.69 Å². The monoisotopic (exact) mass is 364 g/mol. The second-order valence-electron chi connectivity index (χ2n) is 7.16. The lowest BCUT2D eigenvalue weighted by atomic mass is 9.93. The number of rotatable bonds is 1. The molecule has 0 radical (unpaired) electrons. The van der Waals surface area contributed by atoms with Gasteiger partial charge in [0.1, 0.15) is 5.75 Å². The van der Waals surface area contributed by atoms with Crippen LogP contribution in [0.2, 0.25) is 0 Å². The van der Waals surface area contributed by atoms with Gasteiger partial charge in [0.05, 0.1) is 17.1 Å². The molecule has 1 heterocycles. The minimum absolute atomic E-state index is 0.0880. The van der Waals surface area contributed by atoms with E-state index in [-0.39, 0.29) is 5.75 Å². The molecule has 0 amide bonds. The zero-order chi connectivity index (χ0) is 19.3. The van der Waals surface area contributed by atoms with Crippen LogP contribution in [0.25, 0.3) is 22.3 Å². The first kappa shape index (κ1) is 16.5. The fourth-order valence-electron chi connectivity index (χ4n) is 3.99. The van der Waals surface area contributed by atoms with Crippen molar-refractivity contribution in [2.75, 3.05) is 10.6 Å². The molecule has 0 aromatic heterocycles. The molecule has 0 atom stereocenters. The number of hydrogen-bond acceptors (Lipinski definition) is 3. The SMILES string of the molecule is Cc1ccc2c(c1)-c1ccccc1N(c1ccc(N)c(O)c1)c1ccccc1-2. The van der Waals surface area contributed by atoms with Gasteiger partial charge in [-0.3, -0.25) is 0 Å². The molecule has 136 valence electrons. The lowest BCUT2D eigenvalue weighted by molar-refractivity contribution is 0.478. The molecule has 0 saturated carbocycles. The molecule has 3 heteroatoms. The summed E-state index contributed by atoms with van der Waals surface area (Å²) in [6.45, 7) is 2.12. The molecule has 0 saturated heterocycles. The molecule has 0 bridgehead atoms. The minimum atomic E-state index is 0.0880. The average Bonchev–Trinajstić information content (AvgIpc) is 2.83. The number of para-hydroxylation sites is 2. The number of benzene rings is 4. The van der Waals surface area contributed by atoms with Crippen molar-refractivity contribution in [2.24, 2.45) is 0 Å². The number of nitrogens with two attached hydrogens (primary N) is 1. The fraction of sp³-hybridized carbons (Fsp3) is 0.0400. The topological polar surface area (TPSA) is 49.5 Å². The summed E-state index contributed by atoms with van der Waals surface area (Å²) in [5, 5.41) is 10.3. The normalized spacial score (nSPS) is 12.0. The van der Waals surface area contributed by atoms with Crippen LogP contribution < -0.4 is 10.6 Å². The third-order valence-corrected chi connectivity index (χ3v) is 5.32. The molecular formula is C25H20N2O. The van der Waals surface area contributed by atoms with Gasteiger partial charge in [-0.25, -0.2) is 0 Å². The lowest BCUT2D eigenvalue weighted by Crippen LogP contribution is -2.10. The van der Waals surface area contributed by atoms with Crippen molar-refractivity contribution in [1.82, 2.24) is 0 Å². The Morgan fingerprint density at radius 1 is 0.679 bits per heavy atom. The number of fused-ring (bicyclic) bond motifs is 5. The zero-order valence-corrected chi connectivity index (χ0v) is 15.6. The summed E-state index contributed by atoms with van der Waals surface area (Å²) in [5.41, 5.74) is 15.2. The van der Waals surface area contributed by atoms with Crippen LogP contribution in [0.1, 0.15) is 5.56 Å². The van der Waals surface area contributed by atoms with Gasteiger partial charge in [0, 0.05) is 22.9 Å². The number of hydrogen-bond donors (Lipinski definition) is 2. The summed E-state index contributed by atoms with van der Waals surface area (Å²) in [6.07, 6.45) is 0. The minimum Gasteiger partial charge on any atom is -0.506 e. The predicted octanol–water partition coefficient (Wildman–Crippen LogP) is 6.40. The van der Waals surface area contributed by atoms with E-state index in [9.17, 15) is 5.11 Å². The lowest BCUT2D eigenvalue weighted by Gasteiger charge is -2.27. The molecule has 3 nitrogen and oxygen atoms in total. The third-order valence-electron chi connectivity index (χ3n) is 5.32. The van der Waals surface area contributed by atoms with Gasteiger partial charge in [-0.2, -0.15) is 0 Å². The molecule has 4 aromatic rings. The van der Waals surface area contributed by atoms with Gasteiger partial charge >= 0.3 is 0 Å². The van der Waals surface area contributed by atoms with Crippen LogP contribution in [0.5, 0.6) is 5.75 Å². The van der Waals surface area contributed by atoms with E-state index in [2.05, 4.69) is 66.4 Å². The summed E-state index contributed by atoms with van der Waals surface area (Å²) < 4.78 is 0. The van der Waals surface area contributed by atoms with Crippen LogP contribution in [0.3, 0.4) is 0 Å². The summed E-state index contributed by atoms with van der Waals surface area (Å²) in [6, 6.07) is 28.8. The van der Waals surface area contributed by atoms with Crippen molar-refractivity contribution in [3.8, 4) is 28.0 Å². The summed E-state index contributed by atoms with van der Waals surface area (Å²) >= 11 is 0. The Bertz CT molecular complexity index is 1210. The van der Waals surface area contributed by atoms with Crippen LogP contribution in [0.4, 0.5) is 22.7 Å². The number of nitrogen functional groups attached to an aromatic ring is 1. The van der Waals surface area contributed by atoms with Crippen LogP contribution in [0, 0.1) is 6.92 Å². The van der Waals surface area contributed by atoms with E-state index < -0.39 is 0 Å². The highest BCUT2D eigenvalue weighted by Gasteiger charge is 2.25. The maximum atomic E-state index is 10.3. The van der Waals surface area contributed by atoms with Gasteiger partial charge < -0.3 is 15.7 Å². The molecule has 0 aliphatic carbocycles. The first-order chi connectivity index (χ1) is 13.6. The van der Waals surface area contributed by atoms with Crippen LogP contribution in [-0.2, 0) is 0 Å². The molecule has 1 aliphatic rings. The molecule has 1 aliphatic heterocycles. The molecule has 0 spiro atoms. The van der Waals surface area contributed by atoms with Gasteiger partial charge in [0.25, 0.3) is 0 Å². The first-order valence-corrected chi connectivity index (χ1v) is 9.31. The molecule has 28 heavy (non-hydrogen) atoms. The highest BCUT2D eigenvalue weighted by molar-refractivity contribution is 6.02. The van der Waals surface area contributed by atoms with E-state index >= 15 is 0 Å². The Morgan fingerprint density at radius 2 is 1.32 bits per heavy atom. The van der Waals surface area contributed by atoms with Crippen molar-refractivity contribution in [3.05, 3.63) is 90.5 Å². The molecule has 0 fully saturated rings. The number of aromatic hydroxyl groups is 1. The maximum absolute atomic E-state index is 10.3. The Labute approximate surface area is 164 Å². The molecule has 0 unspecified atom stereocenters. The number of phenols is 1. The second-order valence-corrected chi connectivity index (χ2v) is 7.16. The van der Waals surface area contributed by atoms with Gasteiger partial charge in [0.2, 0.25) is 0 Å².